The molecule has 0 aliphatic carbocycles. The minimum atomic E-state index is 0.283. The van der Waals surface area contributed by atoms with Crippen LogP contribution in [0.15, 0.2) is 29.4 Å². The van der Waals surface area contributed by atoms with E-state index in [1.165, 1.54) is 0 Å². The molecule has 0 amide bonds. The van der Waals surface area contributed by atoms with Gasteiger partial charge in [0.15, 0.2) is 5.16 Å². The van der Waals surface area contributed by atoms with Gasteiger partial charge >= 0.3 is 0 Å². The average molecular weight is 264 g/mol. The second-order valence-corrected chi connectivity index (χ2v) is 4.87. The second-order valence-electron chi connectivity index (χ2n) is 3.93. The van der Waals surface area contributed by atoms with Crippen molar-refractivity contribution in [2.45, 2.75) is 24.4 Å². The molecule has 0 radical (unpaired) electrons. The van der Waals surface area contributed by atoms with Crippen molar-refractivity contribution in [2.24, 2.45) is 5.73 Å². The highest BCUT2D eigenvalue weighted by Gasteiger charge is 2.08. The SMILES string of the molecule is Cc1nnc(SCc2ccc(O)cc2)n1CCN. The Balaban J connectivity index is 2.03. The van der Waals surface area contributed by atoms with Crippen LogP contribution in [-0.2, 0) is 12.3 Å². The number of phenols is 1. The van der Waals surface area contributed by atoms with Gasteiger partial charge in [0, 0.05) is 18.8 Å². The lowest BCUT2D eigenvalue weighted by Crippen LogP contribution is -2.12. The molecule has 3 N–H and O–H groups in total. The molecule has 2 rings (SSSR count). The summed E-state index contributed by atoms with van der Waals surface area (Å²) in [5.41, 5.74) is 6.70. The highest BCUT2D eigenvalue weighted by atomic mass is 32.2. The lowest BCUT2D eigenvalue weighted by molar-refractivity contribution is 0.475. The summed E-state index contributed by atoms with van der Waals surface area (Å²) in [6.45, 7) is 3.23. The van der Waals surface area contributed by atoms with Crippen LogP contribution in [-0.4, -0.2) is 26.4 Å². The summed E-state index contributed by atoms with van der Waals surface area (Å²) in [7, 11) is 0. The molecule has 5 nitrogen and oxygen atoms in total. The van der Waals surface area contributed by atoms with Crippen molar-refractivity contribution in [3.05, 3.63) is 35.7 Å². The van der Waals surface area contributed by atoms with Gasteiger partial charge in [-0.2, -0.15) is 0 Å². The first-order valence-corrected chi connectivity index (χ1v) is 6.70. The topological polar surface area (TPSA) is 77.0 Å². The van der Waals surface area contributed by atoms with Crippen molar-refractivity contribution in [3.8, 4) is 5.75 Å². The maximum Gasteiger partial charge on any atom is 0.191 e. The van der Waals surface area contributed by atoms with Gasteiger partial charge in [-0.1, -0.05) is 23.9 Å². The molecule has 0 aliphatic rings. The zero-order valence-corrected chi connectivity index (χ0v) is 11.0. The van der Waals surface area contributed by atoms with Crippen molar-refractivity contribution in [1.82, 2.24) is 14.8 Å². The zero-order valence-electron chi connectivity index (χ0n) is 10.2. The number of aryl methyl sites for hydroxylation is 1. The number of hydrogen-bond acceptors (Lipinski definition) is 5. The predicted octanol–water partition coefficient (Wildman–Crippen LogP) is 1.54. The summed E-state index contributed by atoms with van der Waals surface area (Å²) in [6, 6.07) is 7.18. The van der Waals surface area contributed by atoms with Crippen LogP contribution >= 0.6 is 11.8 Å². The van der Waals surface area contributed by atoms with Gasteiger partial charge in [-0.3, -0.25) is 0 Å². The van der Waals surface area contributed by atoms with E-state index in [0.29, 0.717) is 6.54 Å². The van der Waals surface area contributed by atoms with Crippen molar-refractivity contribution in [1.29, 1.82) is 0 Å². The summed E-state index contributed by atoms with van der Waals surface area (Å²) in [4.78, 5) is 0. The molecule has 0 atom stereocenters. The van der Waals surface area contributed by atoms with Gasteiger partial charge in [0.2, 0.25) is 0 Å². The quantitative estimate of drug-likeness (QED) is 0.801. The van der Waals surface area contributed by atoms with Gasteiger partial charge in [-0.05, 0) is 24.6 Å². The number of benzene rings is 1. The molecule has 0 spiro atoms. The molecule has 0 saturated heterocycles. The van der Waals surface area contributed by atoms with Crippen molar-refractivity contribution >= 4 is 11.8 Å². The van der Waals surface area contributed by atoms with Gasteiger partial charge in [-0.15, -0.1) is 10.2 Å². The van der Waals surface area contributed by atoms with Gasteiger partial charge in [0.05, 0.1) is 0 Å². The van der Waals surface area contributed by atoms with E-state index in [1.807, 2.05) is 23.6 Å². The molecule has 1 aromatic heterocycles. The van der Waals surface area contributed by atoms with Crippen molar-refractivity contribution in [2.75, 3.05) is 6.54 Å². The average Bonchev–Trinajstić information content (AvgIpc) is 2.71. The van der Waals surface area contributed by atoms with Gasteiger partial charge in [-0.25, -0.2) is 0 Å². The molecule has 2 aromatic rings. The van der Waals surface area contributed by atoms with Crippen LogP contribution in [0.1, 0.15) is 11.4 Å². The lowest BCUT2D eigenvalue weighted by Gasteiger charge is -2.06. The Morgan fingerprint density at radius 2 is 2.00 bits per heavy atom. The molecule has 0 unspecified atom stereocenters. The smallest absolute Gasteiger partial charge is 0.191 e. The van der Waals surface area contributed by atoms with Crippen LogP contribution < -0.4 is 5.73 Å². The third kappa shape index (κ3) is 3.02. The Morgan fingerprint density at radius 1 is 1.28 bits per heavy atom. The number of aromatic hydroxyl groups is 1. The van der Waals surface area contributed by atoms with Crippen molar-refractivity contribution < 1.29 is 5.11 Å². The van der Waals surface area contributed by atoms with E-state index in [2.05, 4.69) is 10.2 Å². The number of thioether (sulfide) groups is 1. The molecule has 96 valence electrons. The third-order valence-corrected chi connectivity index (χ3v) is 3.60. The standard InChI is InChI=1S/C12H16N4OS/c1-9-14-15-12(16(9)7-6-13)18-8-10-2-4-11(17)5-3-10/h2-5,17H,6-8,13H2,1H3. The number of nitrogens with zero attached hydrogens (tertiary/aromatic N) is 3. The molecule has 1 aromatic carbocycles. The second kappa shape index (κ2) is 5.88. The molecule has 0 fully saturated rings. The van der Waals surface area contributed by atoms with E-state index in [1.54, 1.807) is 23.9 Å². The normalized spacial score (nSPS) is 10.8. The fourth-order valence-corrected chi connectivity index (χ4v) is 2.56. The summed E-state index contributed by atoms with van der Waals surface area (Å²) >= 11 is 1.62. The van der Waals surface area contributed by atoms with Crippen LogP contribution in [0, 0.1) is 6.92 Å². The summed E-state index contributed by atoms with van der Waals surface area (Å²) in [5, 5.41) is 18.3. The summed E-state index contributed by atoms with van der Waals surface area (Å²) in [6.07, 6.45) is 0. The highest BCUT2D eigenvalue weighted by Crippen LogP contribution is 2.22. The first kappa shape index (κ1) is 12.9. The van der Waals surface area contributed by atoms with Crippen LogP contribution in [0.2, 0.25) is 0 Å². The number of aromatic nitrogens is 3. The molecule has 1 heterocycles. The van der Waals surface area contributed by atoms with E-state index in [-0.39, 0.29) is 5.75 Å². The molecule has 18 heavy (non-hydrogen) atoms. The Hall–Kier alpha value is -1.53. The number of rotatable bonds is 5. The minimum Gasteiger partial charge on any atom is -0.508 e. The summed E-state index contributed by atoms with van der Waals surface area (Å²) in [5.74, 6) is 1.96. The fraction of sp³-hybridized carbons (Fsp3) is 0.333. The fourth-order valence-electron chi connectivity index (χ4n) is 1.59. The van der Waals surface area contributed by atoms with E-state index >= 15 is 0 Å². The maximum atomic E-state index is 9.21. The van der Waals surface area contributed by atoms with E-state index in [0.717, 1.165) is 28.8 Å². The highest BCUT2D eigenvalue weighted by molar-refractivity contribution is 7.98. The third-order valence-electron chi connectivity index (χ3n) is 2.56. The first-order chi connectivity index (χ1) is 8.70. The molecular formula is C12H16N4OS. The first-order valence-electron chi connectivity index (χ1n) is 5.71. The predicted molar refractivity (Wildman–Crippen MR) is 71.5 cm³/mol. The minimum absolute atomic E-state index is 0.283. The van der Waals surface area contributed by atoms with Crippen LogP contribution in [0.3, 0.4) is 0 Å². The molecule has 0 saturated carbocycles. The van der Waals surface area contributed by atoms with E-state index in [4.69, 9.17) is 5.73 Å². The number of nitrogens with two attached hydrogens (primary N) is 1. The van der Waals surface area contributed by atoms with E-state index in [9.17, 15) is 5.11 Å². The van der Waals surface area contributed by atoms with Crippen LogP contribution in [0.5, 0.6) is 5.75 Å². The number of phenolic OH excluding ortho intramolecular Hbond substituents is 1. The Kier molecular flexibility index (Phi) is 4.22. The molecule has 0 aliphatic heterocycles. The summed E-state index contributed by atoms with van der Waals surface area (Å²) < 4.78 is 2.02. The zero-order chi connectivity index (χ0) is 13.0. The van der Waals surface area contributed by atoms with E-state index < -0.39 is 0 Å². The van der Waals surface area contributed by atoms with Gasteiger partial charge < -0.3 is 15.4 Å². The number of hydrogen-bond donors (Lipinski definition) is 2. The van der Waals surface area contributed by atoms with Crippen molar-refractivity contribution in [3.63, 3.8) is 0 Å². The Morgan fingerprint density at radius 3 is 2.67 bits per heavy atom. The lowest BCUT2D eigenvalue weighted by atomic mass is 10.2. The van der Waals surface area contributed by atoms with Crippen LogP contribution in [0.4, 0.5) is 0 Å². The maximum absolute atomic E-state index is 9.21. The monoisotopic (exact) mass is 264 g/mol. The van der Waals surface area contributed by atoms with Gasteiger partial charge in [0.1, 0.15) is 11.6 Å². The molecular weight excluding hydrogens is 248 g/mol. The molecule has 0 bridgehead atoms. The molecule has 6 heteroatoms. The van der Waals surface area contributed by atoms with Gasteiger partial charge in [0.25, 0.3) is 0 Å². The Bertz CT molecular complexity index is 509. The van der Waals surface area contributed by atoms with Crippen LogP contribution in [0.25, 0.3) is 0 Å². The largest absolute Gasteiger partial charge is 0.508 e. The Labute approximate surface area is 110 Å².